The fourth-order valence-electron chi connectivity index (χ4n) is 1.01. The summed E-state index contributed by atoms with van der Waals surface area (Å²) in [5.41, 5.74) is 1.14. The number of carbonyl (C=O) groups excluding carboxylic acids is 1. The molecule has 1 unspecified atom stereocenters. The van der Waals surface area contributed by atoms with Gasteiger partial charge in [0.05, 0.1) is 0 Å². The second-order valence-electron chi connectivity index (χ2n) is 2.63. The van der Waals surface area contributed by atoms with Crippen molar-refractivity contribution < 1.29 is 4.79 Å². The first-order chi connectivity index (χ1) is 4.25. The predicted octanol–water partition coefficient (Wildman–Crippen LogP) is 1.93. The molecule has 1 aliphatic rings. The van der Waals surface area contributed by atoms with Gasteiger partial charge in [0.25, 0.3) is 0 Å². The minimum absolute atomic E-state index is 0.255. The van der Waals surface area contributed by atoms with Crippen molar-refractivity contribution in [2.75, 3.05) is 0 Å². The molecule has 0 amide bonds. The Bertz CT molecular complexity index is 147. The zero-order valence-electron chi connectivity index (χ0n) is 5.81. The normalized spacial score (nSPS) is 24.1. The molecular weight excluding hydrogens is 112 g/mol. The molecule has 1 heteroatoms. The van der Waals surface area contributed by atoms with Crippen LogP contribution in [0.25, 0.3) is 0 Å². The monoisotopic (exact) mass is 124 g/mol. The molecule has 1 nitrogen and oxygen atoms in total. The third-order valence-corrected chi connectivity index (χ3v) is 1.70. The lowest BCUT2D eigenvalue weighted by molar-refractivity contribution is -0.110. The van der Waals surface area contributed by atoms with Crippen molar-refractivity contribution in [2.45, 2.75) is 26.2 Å². The summed E-state index contributed by atoms with van der Waals surface area (Å²) >= 11 is 0. The van der Waals surface area contributed by atoms with Crippen LogP contribution in [0, 0.1) is 5.92 Å². The lowest BCUT2D eigenvalue weighted by Gasteiger charge is -1.95. The predicted molar refractivity (Wildman–Crippen MR) is 37.2 cm³/mol. The van der Waals surface area contributed by atoms with Gasteiger partial charge in [-0.2, -0.15) is 0 Å². The first-order valence-electron chi connectivity index (χ1n) is 3.46. The summed E-state index contributed by atoms with van der Waals surface area (Å²) < 4.78 is 0. The molecule has 1 aliphatic carbocycles. The van der Waals surface area contributed by atoms with Crippen LogP contribution in [0.1, 0.15) is 26.2 Å². The van der Waals surface area contributed by atoms with E-state index >= 15 is 0 Å². The van der Waals surface area contributed by atoms with Gasteiger partial charge in [0.1, 0.15) is 5.78 Å². The first kappa shape index (κ1) is 6.53. The Balaban J connectivity index is 2.28. The van der Waals surface area contributed by atoms with Gasteiger partial charge in [-0.3, -0.25) is 4.79 Å². The third-order valence-electron chi connectivity index (χ3n) is 1.70. The van der Waals surface area contributed by atoms with Crippen molar-refractivity contribution in [3.63, 3.8) is 0 Å². The summed E-state index contributed by atoms with van der Waals surface area (Å²) in [6, 6.07) is 0. The number of Topliss-reactive ketones (excluding diaryl/α,β-unsaturated/α-hetero) is 1. The second kappa shape index (κ2) is 2.34. The SMILES string of the molecule is C=C(CCC)C1CC1=O. The van der Waals surface area contributed by atoms with E-state index in [0.717, 1.165) is 24.8 Å². The number of rotatable bonds is 3. The lowest BCUT2D eigenvalue weighted by atomic mass is 10.1. The van der Waals surface area contributed by atoms with E-state index in [1.165, 1.54) is 0 Å². The summed E-state index contributed by atoms with van der Waals surface area (Å²) in [5.74, 6) is 0.637. The van der Waals surface area contributed by atoms with Gasteiger partial charge in [0.15, 0.2) is 0 Å². The van der Waals surface area contributed by atoms with E-state index in [9.17, 15) is 4.79 Å². The highest BCUT2D eigenvalue weighted by Gasteiger charge is 2.35. The zero-order valence-corrected chi connectivity index (χ0v) is 5.81. The van der Waals surface area contributed by atoms with E-state index in [1.54, 1.807) is 0 Å². The Morgan fingerprint density at radius 2 is 2.44 bits per heavy atom. The van der Waals surface area contributed by atoms with Crippen LogP contribution in [0.5, 0.6) is 0 Å². The van der Waals surface area contributed by atoms with Gasteiger partial charge in [-0.25, -0.2) is 0 Å². The molecular formula is C8H12O. The van der Waals surface area contributed by atoms with E-state index in [1.807, 2.05) is 0 Å². The molecule has 1 saturated carbocycles. The van der Waals surface area contributed by atoms with Crippen LogP contribution in [-0.4, -0.2) is 5.78 Å². The van der Waals surface area contributed by atoms with E-state index in [0.29, 0.717) is 5.78 Å². The maximum Gasteiger partial charge on any atom is 0.141 e. The number of carbonyl (C=O) groups is 1. The summed E-state index contributed by atoms with van der Waals surface area (Å²) in [6.45, 7) is 5.95. The molecule has 0 aliphatic heterocycles. The Morgan fingerprint density at radius 3 is 2.78 bits per heavy atom. The Labute approximate surface area is 55.8 Å². The van der Waals surface area contributed by atoms with Crippen LogP contribution in [0.2, 0.25) is 0 Å². The van der Waals surface area contributed by atoms with Crippen molar-refractivity contribution in [1.82, 2.24) is 0 Å². The van der Waals surface area contributed by atoms with Crippen molar-refractivity contribution in [3.05, 3.63) is 12.2 Å². The molecule has 0 aromatic carbocycles. The average Bonchev–Trinajstić information content (AvgIpc) is 2.47. The van der Waals surface area contributed by atoms with Crippen LogP contribution in [0.4, 0.5) is 0 Å². The average molecular weight is 124 g/mol. The maximum atomic E-state index is 10.5. The van der Waals surface area contributed by atoms with Gasteiger partial charge < -0.3 is 0 Å². The maximum absolute atomic E-state index is 10.5. The second-order valence-corrected chi connectivity index (χ2v) is 2.63. The molecule has 0 radical (unpaired) electrons. The van der Waals surface area contributed by atoms with Crippen molar-refractivity contribution in [2.24, 2.45) is 5.92 Å². The highest BCUT2D eigenvalue weighted by Crippen LogP contribution is 2.33. The molecule has 1 fully saturated rings. The third kappa shape index (κ3) is 1.41. The lowest BCUT2D eigenvalue weighted by Crippen LogP contribution is -1.84. The molecule has 0 saturated heterocycles. The Morgan fingerprint density at radius 1 is 1.89 bits per heavy atom. The van der Waals surface area contributed by atoms with Gasteiger partial charge in [0, 0.05) is 12.3 Å². The fourth-order valence-corrected chi connectivity index (χ4v) is 1.01. The summed E-state index contributed by atoms with van der Waals surface area (Å²) in [4.78, 5) is 10.5. The number of allylic oxidation sites excluding steroid dienone is 1. The molecule has 0 bridgehead atoms. The molecule has 1 rings (SSSR count). The van der Waals surface area contributed by atoms with Crippen molar-refractivity contribution in [3.8, 4) is 0 Å². The van der Waals surface area contributed by atoms with Gasteiger partial charge in [-0.15, -0.1) is 0 Å². The summed E-state index contributed by atoms with van der Waals surface area (Å²) in [7, 11) is 0. The van der Waals surface area contributed by atoms with Gasteiger partial charge >= 0.3 is 0 Å². The zero-order chi connectivity index (χ0) is 6.85. The smallest absolute Gasteiger partial charge is 0.141 e. The van der Waals surface area contributed by atoms with Crippen LogP contribution in [0.3, 0.4) is 0 Å². The molecule has 0 N–H and O–H groups in total. The van der Waals surface area contributed by atoms with Crippen LogP contribution < -0.4 is 0 Å². The Kier molecular flexibility index (Phi) is 1.70. The van der Waals surface area contributed by atoms with Gasteiger partial charge in [-0.1, -0.05) is 25.5 Å². The molecule has 9 heavy (non-hydrogen) atoms. The highest BCUT2D eigenvalue weighted by molar-refractivity contribution is 5.98. The largest absolute Gasteiger partial charge is 0.299 e. The minimum atomic E-state index is 0.255. The number of ketones is 1. The first-order valence-corrected chi connectivity index (χ1v) is 3.46. The number of hydrogen-bond acceptors (Lipinski definition) is 1. The number of hydrogen-bond donors (Lipinski definition) is 0. The van der Waals surface area contributed by atoms with E-state index < -0.39 is 0 Å². The molecule has 0 spiro atoms. The van der Waals surface area contributed by atoms with Crippen LogP contribution in [0.15, 0.2) is 12.2 Å². The van der Waals surface area contributed by atoms with Crippen LogP contribution in [-0.2, 0) is 4.79 Å². The molecule has 0 aromatic heterocycles. The van der Waals surface area contributed by atoms with Gasteiger partial charge in [0.2, 0.25) is 0 Å². The topological polar surface area (TPSA) is 17.1 Å². The molecule has 0 heterocycles. The fraction of sp³-hybridized carbons (Fsp3) is 0.625. The van der Waals surface area contributed by atoms with Crippen molar-refractivity contribution >= 4 is 5.78 Å². The van der Waals surface area contributed by atoms with Gasteiger partial charge in [-0.05, 0) is 6.42 Å². The molecule has 50 valence electrons. The highest BCUT2D eigenvalue weighted by atomic mass is 16.1. The molecule has 0 aromatic rings. The van der Waals surface area contributed by atoms with Crippen LogP contribution >= 0.6 is 0 Å². The molecule has 1 atom stereocenters. The van der Waals surface area contributed by atoms with E-state index in [-0.39, 0.29) is 5.92 Å². The standard InChI is InChI=1S/C8H12O/c1-3-4-6(2)7-5-8(7)9/h7H,2-5H2,1H3. The summed E-state index contributed by atoms with van der Waals surface area (Å²) in [5, 5.41) is 0. The van der Waals surface area contributed by atoms with E-state index in [4.69, 9.17) is 0 Å². The minimum Gasteiger partial charge on any atom is -0.299 e. The Hall–Kier alpha value is -0.590. The summed E-state index contributed by atoms with van der Waals surface area (Å²) in [6.07, 6.45) is 2.90. The van der Waals surface area contributed by atoms with Crippen molar-refractivity contribution in [1.29, 1.82) is 0 Å². The quantitative estimate of drug-likeness (QED) is 0.525. The van der Waals surface area contributed by atoms with E-state index in [2.05, 4.69) is 13.5 Å².